The molecule has 1 unspecified atom stereocenters. The maximum atomic E-state index is 11.8. The minimum absolute atomic E-state index is 0.423. The summed E-state index contributed by atoms with van der Waals surface area (Å²) in [5.41, 5.74) is 0.423. The number of carbonyl (C=O) groups excluding carboxylic acids is 1. The molecule has 2 aromatic rings. The van der Waals surface area contributed by atoms with E-state index in [1.54, 1.807) is 24.3 Å². The molecule has 0 aliphatic carbocycles. The Balaban J connectivity index is 2.34. The van der Waals surface area contributed by atoms with Crippen LogP contribution in [-0.4, -0.2) is 42.3 Å². The monoisotopic (exact) mass is 297 g/mol. The molecule has 0 spiro atoms. The molecule has 2 rings (SSSR count). The lowest BCUT2D eigenvalue weighted by molar-refractivity contribution is -0.145. The number of nitrogens with zero attached hydrogens (tertiary/aromatic N) is 1. The zero-order chi connectivity index (χ0) is 14.8. The second kappa shape index (κ2) is 5.53. The fraction of sp³-hybridized carbons (Fsp3) is 0.167. The van der Waals surface area contributed by atoms with E-state index in [-0.39, 0.29) is 0 Å². The second-order valence-electron chi connectivity index (χ2n) is 3.90. The van der Waals surface area contributed by atoms with Gasteiger partial charge in [-0.3, -0.25) is 0 Å². The maximum Gasteiger partial charge on any atom is 0.359 e. The number of aromatic nitrogens is 1. The molecule has 1 aromatic carbocycles. The van der Waals surface area contributed by atoms with Crippen molar-refractivity contribution >= 4 is 27.0 Å². The first-order valence-corrected chi connectivity index (χ1v) is 6.98. The number of hydrogen-bond donors (Lipinski definition) is 2. The van der Waals surface area contributed by atoms with Gasteiger partial charge in [0.1, 0.15) is 0 Å². The van der Waals surface area contributed by atoms with E-state index >= 15 is 0 Å². The van der Waals surface area contributed by atoms with E-state index in [1.165, 1.54) is 12.1 Å². The van der Waals surface area contributed by atoms with Crippen LogP contribution in [0.5, 0.6) is 0 Å². The second-order valence-corrected chi connectivity index (χ2v) is 5.39. The molecular weight excluding hydrogens is 286 g/mol. The van der Waals surface area contributed by atoms with Gasteiger partial charge in [-0.15, -0.1) is 0 Å². The summed E-state index contributed by atoms with van der Waals surface area (Å²) in [6.45, 7) is -0.931. The number of benzene rings is 1. The number of fused-ring (bicyclic) bond motifs is 1. The molecular formula is C12H11NO6S. The average Bonchev–Trinajstić information content (AvgIpc) is 2.45. The Bertz CT molecular complexity index is 742. The van der Waals surface area contributed by atoms with Crippen molar-refractivity contribution < 1.29 is 27.6 Å². The summed E-state index contributed by atoms with van der Waals surface area (Å²) >= 11 is 0. The van der Waals surface area contributed by atoms with Crippen molar-refractivity contribution in [2.75, 3.05) is 6.61 Å². The Morgan fingerprint density at radius 2 is 1.95 bits per heavy atom. The van der Waals surface area contributed by atoms with Crippen LogP contribution in [0.3, 0.4) is 0 Å². The minimum Gasteiger partial charge on any atom is -0.393 e. The van der Waals surface area contributed by atoms with Gasteiger partial charge in [0.25, 0.3) is 0 Å². The first-order valence-electron chi connectivity index (χ1n) is 5.57. The Morgan fingerprint density at radius 1 is 1.25 bits per heavy atom. The van der Waals surface area contributed by atoms with Crippen molar-refractivity contribution in [1.82, 2.24) is 4.98 Å². The van der Waals surface area contributed by atoms with Gasteiger partial charge in [0, 0.05) is 5.39 Å². The van der Waals surface area contributed by atoms with Crippen molar-refractivity contribution in [1.29, 1.82) is 0 Å². The molecule has 0 saturated carbocycles. The Labute approximate surface area is 114 Å². The van der Waals surface area contributed by atoms with Crippen LogP contribution >= 0.6 is 0 Å². The lowest BCUT2D eigenvalue weighted by Crippen LogP contribution is -2.29. The molecule has 0 amide bonds. The summed E-state index contributed by atoms with van der Waals surface area (Å²) < 4.78 is 27.8. The predicted octanol–water partition coefficient (Wildman–Crippen LogP) is -0.180. The summed E-state index contributed by atoms with van der Waals surface area (Å²) in [4.78, 5) is 15.1. The van der Waals surface area contributed by atoms with Crippen LogP contribution < -0.4 is 0 Å². The normalized spacial score (nSPS) is 13.1. The van der Waals surface area contributed by atoms with Gasteiger partial charge in [-0.2, -0.15) is 8.42 Å². The third kappa shape index (κ3) is 2.93. The summed E-state index contributed by atoms with van der Waals surface area (Å²) in [6, 6.07) is 9.53. The number of pyridine rings is 1. The molecule has 1 atom stereocenters. The van der Waals surface area contributed by atoms with E-state index in [1.807, 2.05) is 0 Å². The van der Waals surface area contributed by atoms with Gasteiger partial charge in [-0.25, -0.2) is 9.78 Å². The summed E-state index contributed by atoms with van der Waals surface area (Å²) in [5.74, 6) is -1.46. The molecule has 0 aliphatic heterocycles. The molecule has 8 heteroatoms. The van der Waals surface area contributed by atoms with Crippen LogP contribution in [0.1, 0.15) is 0 Å². The highest BCUT2D eigenvalue weighted by Crippen LogP contribution is 2.16. The van der Waals surface area contributed by atoms with Crippen molar-refractivity contribution in [2.45, 2.75) is 11.1 Å². The predicted molar refractivity (Wildman–Crippen MR) is 68.1 cm³/mol. The van der Waals surface area contributed by atoms with Gasteiger partial charge in [0.05, 0.1) is 12.1 Å². The van der Waals surface area contributed by atoms with Crippen molar-refractivity contribution in [2.24, 2.45) is 0 Å². The first kappa shape index (κ1) is 14.4. The highest BCUT2D eigenvalue weighted by Gasteiger charge is 2.26. The van der Waals surface area contributed by atoms with E-state index in [0.29, 0.717) is 5.52 Å². The summed E-state index contributed by atoms with van der Waals surface area (Å²) in [7, 11) is -4.44. The highest BCUT2D eigenvalue weighted by molar-refractivity contribution is 7.87. The summed E-state index contributed by atoms with van der Waals surface area (Å²) in [6.07, 6.45) is -1.91. The Morgan fingerprint density at radius 3 is 2.65 bits per heavy atom. The van der Waals surface area contributed by atoms with Gasteiger partial charge in [0.2, 0.25) is 0 Å². The topological polar surface area (TPSA) is 114 Å². The van der Waals surface area contributed by atoms with Gasteiger partial charge < -0.3 is 14.4 Å². The molecule has 0 bridgehead atoms. The van der Waals surface area contributed by atoms with E-state index in [0.717, 1.165) is 5.39 Å². The van der Waals surface area contributed by atoms with Crippen LogP contribution in [0.4, 0.5) is 0 Å². The molecule has 0 radical (unpaired) electrons. The molecule has 0 aliphatic rings. The van der Waals surface area contributed by atoms with Crippen LogP contribution in [0.25, 0.3) is 10.9 Å². The molecule has 1 aromatic heterocycles. The van der Waals surface area contributed by atoms with E-state index in [9.17, 15) is 13.2 Å². The number of aliphatic hydroxyl groups is 2. The van der Waals surface area contributed by atoms with Gasteiger partial charge >= 0.3 is 16.1 Å². The fourth-order valence-corrected chi connectivity index (χ4v) is 2.33. The van der Waals surface area contributed by atoms with Crippen molar-refractivity contribution in [3.05, 3.63) is 36.4 Å². The zero-order valence-corrected chi connectivity index (χ0v) is 10.9. The fourth-order valence-electron chi connectivity index (χ4n) is 1.47. The van der Waals surface area contributed by atoms with E-state index in [4.69, 9.17) is 10.2 Å². The third-order valence-corrected chi connectivity index (χ3v) is 3.59. The molecule has 2 N–H and O–H groups in total. The van der Waals surface area contributed by atoms with Gasteiger partial charge in [-0.05, 0) is 18.2 Å². The van der Waals surface area contributed by atoms with Crippen molar-refractivity contribution in [3.63, 3.8) is 0 Å². The quantitative estimate of drug-likeness (QED) is 0.752. The number of carbonyl (C=O) groups is 1. The lowest BCUT2D eigenvalue weighted by atomic mass is 10.2. The molecule has 7 nitrogen and oxygen atoms in total. The number of aliphatic hydroxyl groups excluding tert-OH is 2. The maximum absolute atomic E-state index is 11.8. The average molecular weight is 297 g/mol. The van der Waals surface area contributed by atoms with Crippen LogP contribution in [0, 0.1) is 0 Å². The SMILES string of the molecule is O=C(OS(=O)(=O)c1ccc2ccccc2n1)C(O)CO. The molecule has 1 heterocycles. The minimum atomic E-state index is -4.44. The zero-order valence-electron chi connectivity index (χ0n) is 10.1. The highest BCUT2D eigenvalue weighted by atomic mass is 32.2. The number of para-hydroxylation sites is 1. The standard InChI is InChI=1S/C12H11NO6S/c14-7-10(15)12(16)19-20(17,18)11-6-5-8-3-1-2-4-9(8)13-11/h1-6,10,14-15H,7H2. The van der Waals surface area contributed by atoms with Crippen LogP contribution in [0.2, 0.25) is 0 Å². The van der Waals surface area contributed by atoms with Gasteiger partial charge in [-0.1, -0.05) is 18.2 Å². The molecule has 0 saturated heterocycles. The number of hydrogen-bond acceptors (Lipinski definition) is 7. The molecule has 20 heavy (non-hydrogen) atoms. The lowest BCUT2D eigenvalue weighted by Gasteiger charge is -2.08. The molecule has 0 fully saturated rings. The van der Waals surface area contributed by atoms with E-state index in [2.05, 4.69) is 9.17 Å². The number of rotatable bonds is 4. The Kier molecular flexibility index (Phi) is 3.98. The van der Waals surface area contributed by atoms with Gasteiger partial charge in [0.15, 0.2) is 11.1 Å². The van der Waals surface area contributed by atoms with Crippen molar-refractivity contribution in [3.8, 4) is 0 Å². The first-order chi connectivity index (χ1) is 9.44. The Hall–Kier alpha value is -2.03. The smallest absolute Gasteiger partial charge is 0.359 e. The third-order valence-electron chi connectivity index (χ3n) is 2.47. The summed E-state index contributed by atoms with van der Waals surface area (Å²) in [5, 5.41) is 17.8. The van der Waals surface area contributed by atoms with Crippen LogP contribution in [0.15, 0.2) is 41.4 Å². The van der Waals surface area contributed by atoms with E-state index < -0.39 is 33.8 Å². The van der Waals surface area contributed by atoms with Crippen LogP contribution in [-0.2, 0) is 19.1 Å². The molecule has 106 valence electrons. The largest absolute Gasteiger partial charge is 0.393 e.